The molecule has 2 rings (SSSR count). The molecule has 2 fully saturated rings. The van der Waals surface area contributed by atoms with Gasteiger partial charge in [-0.2, -0.15) is 6.42 Å². The molecule has 0 amide bonds. The molecule has 0 aromatic carbocycles. The van der Waals surface area contributed by atoms with E-state index in [1.54, 1.807) is 6.92 Å². The van der Waals surface area contributed by atoms with Crippen LogP contribution in [0.1, 0.15) is 82.6 Å². The van der Waals surface area contributed by atoms with Gasteiger partial charge in [-0.15, -0.1) is 0 Å². The molecule has 2 saturated carbocycles. The predicted molar refractivity (Wildman–Crippen MR) is 111 cm³/mol. The van der Waals surface area contributed by atoms with Crippen molar-refractivity contribution in [2.75, 3.05) is 0 Å². The molecule has 10 radical (unpaired) electrons. The maximum Gasteiger partial charge on any atom is 0.0241 e. The van der Waals surface area contributed by atoms with Crippen LogP contribution in [0.25, 0.3) is 0 Å². The third-order valence-electron chi connectivity index (χ3n) is 6.04. The van der Waals surface area contributed by atoms with Gasteiger partial charge in [-0.3, -0.25) is 0 Å². The van der Waals surface area contributed by atoms with Gasteiger partial charge in [-0.05, 0) is 66.1 Å². The molecule has 1 atom stereocenters. The Labute approximate surface area is 181 Å². The molecular formula is C24H39OTi-. The molecule has 2 aliphatic rings. The van der Waals surface area contributed by atoms with Crippen molar-refractivity contribution in [2.45, 2.75) is 88.7 Å². The van der Waals surface area contributed by atoms with Crippen LogP contribution in [-0.2, 0) is 21.7 Å². The minimum absolute atomic E-state index is 0. The minimum Gasteiger partial charge on any atom is -0.396 e. The fourth-order valence-electron chi connectivity index (χ4n) is 2.81. The quantitative estimate of drug-likeness (QED) is 0.398. The van der Waals surface area contributed by atoms with Crippen LogP contribution in [0.2, 0.25) is 0 Å². The van der Waals surface area contributed by atoms with Gasteiger partial charge in [0.1, 0.15) is 0 Å². The zero-order valence-corrected chi connectivity index (χ0v) is 20.5. The summed E-state index contributed by atoms with van der Waals surface area (Å²) in [4.78, 5) is 0. The summed E-state index contributed by atoms with van der Waals surface area (Å²) >= 11 is 0. The number of hydrogen-bond donors (Lipinski definition) is 1. The van der Waals surface area contributed by atoms with Crippen LogP contribution in [-0.4, -0.2) is 11.2 Å². The van der Waals surface area contributed by atoms with Crippen molar-refractivity contribution in [1.82, 2.24) is 0 Å². The minimum atomic E-state index is -0.227. The van der Waals surface area contributed by atoms with E-state index in [4.69, 9.17) is 5.11 Å². The van der Waals surface area contributed by atoms with E-state index < -0.39 is 0 Å². The van der Waals surface area contributed by atoms with Crippen LogP contribution < -0.4 is 0 Å². The zero-order valence-electron chi connectivity index (χ0n) is 18.9. The summed E-state index contributed by atoms with van der Waals surface area (Å²) < 4.78 is 0. The first kappa shape index (κ1) is 28.9. The van der Waals surface area contributed by atoms with Gasteiger partial charge in [0.25, 0.3) is 0 Å². The molecule has 1 nitrogen and oxygen atoms in total. The molecule has 0 saturated heterocycles. The van der Waals surface area contributed by atoms with Gasteiger partial charge in [-0.25, -0.2) is 0 Å². The number of hydrogen-bond acceptors (Lipinski definition) is 1. The molecule has 0 aromatic rings. The summed E-state index contributed by atoms with van der Waals surface area (Å²) in [7, 11) is 0. The zero-order chi connectivity index (χ0) is 20.1. The number of rotatable bonds is 1. The van der Waals surface area contributed by atoms with Crippen LogP contribution in [0.5, 0.6) is 0 Å². The van der Waals surface area contributed by atoms with Gasteiger partial charge in [0.05, 0.1) is 0 Å². The maximum absolute atomic E-state index is 8.30. The Morgan fingerprint density at radius 1 is 0.538 bits per heavy atom. The Balaban J connectivity index is 0. The van der Waals surface area contributed by atoms with Gasteiger partial charge < -0.3 is 12.0 Å². The van der Waals surface area contributed by atoms with E-state index in [9.17, 15) is 0 Å². The predicted octanol–water partition coefficient (Wildman–Crippen LogP) is 6.53. The summed E-state index contributed by atoms with van der Waals surface area (Å²) in [5, 5.41) is 8.30. The first-order chi connectivity index (χ1) is 11.4. The van der Waals surface area contributed by atoms with Gasteiger partial charge in [0.2, 0.25) is 0 Å². The summed E-state index contributed by atoms with van der Waals surface area (Å²) in [6, 6.07) is 0. The third kappa shape index (κ3) is 7.59. The molecule has 146 valence electrons. The SMILES string of the molecule is C[C]1[C](C)[C](C)[C](C)[C]1C.C[C]1[C](C)[C](C)[C](C)[C]1C.[CH2-]CC(C)O.[Ti]. The first-order valence-corrected chi connectivity index (χ1v) is 9.24. The molecule has 0 heterocycles. The van der Waals surface area contributed by atoms with Gasteiger partial charge in [-0.1, -0.05) is 69.2 Å². The second kappa shape index (κ2) is 13.0. The van der Waals surface area contributed by atoms with Crippen molar-refractivity contribution in [1.29, 1.82) is 0 Å². The largest absolute Gasteiger partial charge is 0.396 e. The molecule has 2 heteroatoms. The summed E-state index contributed by atoms with van der Waals surface area (Å²) in [6.07, 6.45) is 0.384. The molecule has 2 aliphatic carbocycles. The van der Waals surface area contributed by atoms with Crippen molar-refractivity contribution in [2.24, 2.45) is 0 Å². The number of aliphatic hydroxyl groups is 1. The van der Waals surface area contributed by atoms with E-state index in [2.05, 4.69) is 76.2 Å². The molecule has 1 unspecified atom stereocenters. The fourth-order valence-corrected chi connectivity index (χ4v) is 2.81. The number of aliphatic hydroxyl groups excluding tert-OH is 1. The first-order valence-electron chi connectivity index (χ1n) is 9.24. The second-order valence-electron chi connectivity index (χ2n) is 7.39. The van der Waals surface area contributed by atoms with E-state index in [0.717, 1.165) is 0 Å². The topological polar surface area (TPSA) is 20.2 Å². The molecule has 0 aliphatic heterocycles. The summed E-state index contributed by atoms with van der Waals surface area (Å²) in [6.45, 7) is 27.1. The van der Waals surface area contributed by atoms with Crippen molar-refractivity contribution >= 4 is 0 Å². The van der Waals surface area contributed by atoms with Crippen LogP contribution in [0.15, 0.2) is 0 Å². The second-order valence-corrected chi connectivity index (χ2v) is 7.39. The summed E-state index contributed by atoms with van der Waals surface area (Å²) in [5.74, 6) is 14.7. The van der Waals surface area contributed by atoms with Gasteiger partial charge in [0.15, 0.2) is 0 Å². The molecule has 1 N–H and O–H groups in total. The van der Waals surface area contributed by atoms with Crippen molar-refractivity contribution in [3.05, 3.63) is 66.1 Å². The third-order valence-corrected chi connectivity index (χ3v) is 6.04. The van der Waals surface area contributed by atoms with Crippen LogP contribution in [0.4, 0.5) is 0 Å². The van der Waals surface area contributed by atoms with E-state index in [1.165, 1.54) is 59.2 Å². The van der Waals surface area contributed by atoms with Crippen LogP contribution >= 0.6 is 0 Å². The molecule has 0 bridgehead atoms. The Bertz CT molecular complexity index is 236. The smallest absolute Gasteiger partial charge is 0.0241 e. The average Bonchev–Trinajstić information content (AvgIpc) is 2.86. The van der Waals surface area contributed by atoms with E-state index in [1.807, 2.05) is 0 Å². The van der Waals surface area contributed by atoms with Crippen LogP contribution in [0.3, 0.4) is 0 Å². The Kier molecular flexibility index (Phi) is 14.4. The Morgan fingerprint density at radius 2 is 0.615 bits per heavy atom. The van der Waals surface area contributed by atoms with Gasteiger partial charge in [0, 0.05) is 27.8 Å². The maximum atomic E-state index is 8.30. The van der Waals surface area contributed by atoms with Gasteiger partial charge >= 0.3 is 0 Å². The van der Waals surface area contributed by atoms with E-state index in [0.29, 0.717) is 6.42 Å². The standard InChI is InChI=1S/2C10H15.C4H9O.Ti/c2*1-6-7(2)9(4)10(5)8(6)3;1-3-4(2)5;/h2*1-5H3;4-5H,1,3H2,2H3;/q;;-1;. The monoisotopic (exact) mass is 391 g/mol. The van der Waals surface area contributed by atoms with Crippen LogP contribution in [0, 0.1) is 66.1 Å². The Morgan fingerprint density at radius 3 is 0.654 bits per heavy atom. The molecule has 26 heavy (non-hydrogen) atoms. The van der Waals surface area contributed by atoms with Crippen molar-refractivity contribution in [3.8, 4) is 0 Å². The van der Waals surface area contributed by atoms with Crippen molar-refractivity contribution < 1.29 is 26.8 Å². The average molecular weight is 391 g/mol. The van der Waals surface area contributed by atoms with E-state index >= 15 is 0 Å². The Hall–Kier alpha value is 0.674. The fraction of sp³-hybridized carbons (Fsp3) is 0.542. The van der Waals surface area contributed by atoms with E-state index in [-0.39, 0.29) is 27.8 Å². The molecular weight excluding hydrogens is 352 g/mol. The summed E-state index contributed by atoms with van der Waals surface area (Å²) in [5.41, 5.74) is 0. The van der Waals surface area contributed by atoms with Crippen molar-refractivity contribution in [3.63, 3.8) is 0 Å². The molecule has 0 spiro atoms. The molecule has 0 aromatic heterocycles. The normalized spacial score (nSPS) is 24.8.